The third-order valence-electron chi connectivity index (χ3n) is 1.99. The molecule has 0 atom stereocenters. The van der Waals surface area contributed by atoms with Crippen LogP contribution >= 0.6 is 0 Å². The number of hydrogen-bond donors (Lipinski definition) is 6. The summed E-state index contributed by atoms with van der Waals surface area (Å²) in [6, 6.07) is 0. The Kier molecular flexibility index (Phi) is 21.5. The lowest BCUT2D eigenvalue weighted by molar-refractivity contribution is 0.224. The molecule has 0 aromatic heterocycles. The summed E-state index contributed by atoms with van der Waals surface area (Å²) in [6.45, 7) is 4.93. The van der Waals surface area contributed by atoms with E-state index in [1.165, 1.54) is 0 Å². The molecule has 132 valence electrons. The van der Waals surface area contributed by atoms with Gasteiger partial charge in [0, 0.05) is 39.3 Å². The van der Waals surface area contributed by atoms with Crippen molar-refractivity contribution in [2.75, 3.05) is 66.6 Å². The summed E-state index contributed by atoms with van der Waals surface area (Å²) >= 11 is 0. The zero-order valence-corrected chi connectivity index (χ0v) is 13.5. The molecule has 0 aliphatic heterocycles. The fraction of sp³-hybridized carbons (Fsp3) is 1.00. The van der Waals surface area contributed by atoms with Crippen molar-refractivity contribution in [2.24, 2.45) is 11.5 Å². The molecular formula is C10H30N4O6S. The van der Waals surface area contributed by atoms with Crippen LogP contribution in [0.15, 0.2) is 0 Å². The molecule has 0 aromatic carbocycles. The van der Waals surface area contributed by atoms with Gasteiger partial charge >= 0.3 is 10.4 Å². The number of nitrogens with zero attached hydrogens (tertiary/aromatic N) is 2. The van der Waals surface area contributed by atoms with Gasteiger partial charge in [-0.2, -0.15) is 8.42 Å². The summed E-state index contributed by atoms with van der Waals surface area (Å²) in [5.74, 6) is 0. The molecule has 0 radical (unpaired) electrons. The van der Waals surface area contributed by atoms with E-state index in [1.807, 2.05) is 23.9 Å². The second-order valence-electron chi connectivity index (χ2n) is 4.08. The van der Waals surface area contributed by atoms with Gasteiger partial charge in [0.05, 0.1) is 13.2 Å². The number of nitrogens with two attached hydrogens (primary N) is 2. The van der Waals surface area contributed by atoms with Crippen LogP contribution in [0, 0.1) is 0 Å². The van der Waals surface area contributed by atoms with Gasteiger partial charge in [0.2, 0.25) is 0 Å². The van der Waals surface area contributed by atoms with Gasteiger partial charge in [0.25, 0.3) is 0 Å². The third kappa shape index (κ3) is 45.1. The predicted molar refractivity (Wildman–Crippen MR) is 81.5 cm³/mol. The van der Waals surface area contributed by atoms with E-state index >= 15 is 0 Å². The normalized spacial score (nSPS) is 10.8. The molecule has 21 heavy (non-hydrogen) atoms. The Morgan fingerprint density at radius 3 is 1.19 bits per heavy atom. The van der Waals surface area contributed by atoms with Crippen molar-refractivity contribution in [3.63, 3.8) is 0 Å². The van der Waals surface area contributed by atoms with Crippen molar-refractivity contribution in [2.45, 2.75) is 0 Å². The van der Waals surface area contributed by atoms with Crippen LogP contribution in [-0.4, -0.2) is 104 Å². The van der Waals surface area contributed by atoms with E-state index in [1.54, 1.807) is 0 Å². The van der Waals surface area contributed by atoms with Crippen LogP contribution in [-0.2, 0) is 10.4 Å². The van der Waals surface area contributed by atoms with Crippen molar-refractivity contribution < 1.29 is 27.7 Å². The molecule has 0 heterocycles. The van der Waals surface area contributed by atoms with Crippen molar-refractivity contribution in [3.05, 3.63) is 0 Å². The Morgan fingerprint density at radius 2 is 1.05 bits per heavy atom. The van der Waals surface area contributed by atoms with E-state index < -0.39 is 10.4 Å². The van der Waals surface area contributed by atoms with Crippen molar-refractivity contribution in [1.29, 1.82) is 0 Å². The van der Waals surface area contributed by atoms with Gasteiger partial charge in [-0.25, -0.2) is 0 Å². The molecule has 0 aliphatic carbocycles. The van der Waals surface area contributed by atoms with Gasteiger partial charge in [0.1, 0.15) is 0 Å². The van der Waals surface area contributed by atoms with E-state index in [-0.39, 0.29) is 13.2 Å². The smallest absolute Gasteiger partial charge is 0.394 e. The van der Waals surface area contributed by atoms with Crippen molar-refractivity contribution in [1.82, 2.24) is 9.80 Å². The first-order valence-corrected chi connectivity index (χ1v) is 7.70. The standard InChI is InChI=1S/2C5H14N2O.H2O4S/c2*1-7(3-2-6)4-5-8;1-5(2,3)4/h2*8H,2-6H2,1H3;(H2,1,2,3,4). The lowest BCUT2D eigenvalue weighted by Crippen LogP contribution is -2.27. The molecule has 0 bridgehead atoms. The van der Waals surface area contributed by atoms with Gasteiger partial charge in [-0.1, -0.05) is 0 Å². The fourth-order valence-electron chi connectivity index (χ4n) is 1.01. The molecule has 0 aliphatic rings. The number of hydrogen-bond acceptors (Lipinski definition) is 8. The zero-order chi connectivity index (χ0) is 17.3. The van der Waals surface area contributed by atoms with Crippen LogP contribution in [0.5, 0.6) is 0 Å². The van der Waals surface area contributed by atoms with Gasteiger partial charge in [-0.15, -0.1) is 0 Å². The van der Waals surface area contributed by atoms with Crippen LogP contribution in [0.1, 0.15) is 0 Å². The minimum absolute atomic E-state index is 0.219. The van der Waals surface area contributed by atoms with Gasteiger partial charge in [-0.05, 0) is 14.1 Å². The second kappa shape index (κ2) is 17.7. The summed E-state index contributed by atoms with van der Waals surface area (Å²) in [7, 11) is -0.799. The SMILES string of the molecule is CN(CCN)CCO.CN(CCN)CCO.O=S(=O)(O)O. The topological polar surface area (TPSA) is 174 Å². The molecule has 8 N–H and O–H groups in total. The van der Waals surface area contributed by atoms with Crippen LogP contribution in [0.2, 0.25) is 0 Å². The highest BCUT2D eigenvalue weighted by Crippen LogP contribution is 1.76. The Labute approximate surface area is 126 Å². The molecule has 0 rings (SSSR count). The van der Waals surface area contributed by atoms with E-state index in [4.69, 9.17) is 39.2 Å². The highest BCUT2D eigenvalue weighted by Gasteiger charge is 1.91. The predicted octanol–water partition coefficient (Wildman–Crippen LogP) is -2.91. The van der Waals surface area contributed by atoms with Gasteiger partial charge in [0.15, 0.2) is 0 Å². The van der Waals surface area contributed by atoms with Crippen molar-refractivity contribution >= 4 is 10.4 Å². The monoisotopic (exact) mass is 334 g/mol. The maximum atomic E-state index is 8.74. The van der Waals surface area contributed by atoms with E-state index in [0.717, 1.165) is 26.2 Å². The zero-order valence-electron chi connectivity index (χ0n) is 12.7. The first kappa shape index (κ1) is 25.6. The summed E-state index contributed by atoms with van der Waals surface area (Å²) in [5, 5.41) is 16.8. The van der Waals surface area contributed by atoms with Crippen LogP contribution in [0.4, 0.5) is 0 Å². The maximum absolute atomic E-state index is 8.74. The van der Waals surface area contributed by atoms with Crippen LogP contribution in [0.3, 0.4) is 0 Å². The largest absolute Gasteiger partial charge is 0.395 e. The number of aliphatic hydroxyl groups is 2. The third-order valence-corrected chi connectivity index (χ3v) is 1.99. The van der Waals surface area contributed by atoms with Gasteiger partial charge < -0.3 is 31.5 Å². The maximum Gasteiger partial charge on any atom is 0.394 e. The average molecular weight is 334 g/mol. The number of aliphatic hydroxyl groups excluding tert-OH is 2. The van der Waals surface area contributed by atoms with Gasteiger partial charge in [-0.3, -0.25) is 9.11 Å². The summed E-state index contributed by atoms with van der Waals surface area (Å²) in [4.78, 5) is 3.97. The Morgan fingerprint density at radius 1 is 0.810 bits per heavy atom. The molecule has 0 unspecified atom stereocenters. The molecule has 0 amide bonds. The first-order valence-electron chi connectivity index (χ1n) is 6.31. The lowest BCUT2D eigenvalue weighted by atomic mass is 10.5. The van der Waals surface area contributed by atoms with E-state index in [9.17, 15) is 0 Å². The number of likely N-dealkylation sites (N-methyl/N-ethyl adjacent to an activating group) is 2. The Bertz CT molecular complexity index is 257. The van der Waals surface area contributed by atoms with E-state index in [2.05, 4.69) is 0 Å². The molecule has 0 saturated heterocycles. The fourth-order valence-corrected chi connectivity index (χ4v) is 1.01. The molecule has 0 fully saturated rings. The van der Waals surface area contributed by atoms with Crippen LogP contribution in [0.25, 0.3) is 0 Å². The first-order chi connectivity index (χ1) is 9.62. The number of rotatable bonds is 8. The summed E-state index contributed by atoms with van der Waals surface area (Å²) < 4.78 is 31.6. The summed E-state index contributed by atoms with van der Waals surface area (Å²) in [5.41, 5.74) is 10.5. The van der Waals surface area contributed by atoms with E-state index in [0.29, 0.717) is 13.1 Å². The van der Waals surface area contributed by atoms with Crippen LogP contribution < -0.4 is 11.5 Å². The summed E-state index contributed by atoms with van der Waals surface area (Å²) in [6.07, 6.45) is 0. The Hall–Kier alpha value is -0.370. The average Bonchev–Trinajstić information content (AvgIpc) is 2.29. The molecule has 0 aromatic rings. The highest BCUT2D eigenvalue weighted by molar-refractivity contribution is 7.79. The lowest BCUT2D eigenvalue weighted by Gasteiger charge is -2.11. The Balaban J connectivity index is -0.000000239. The molecular weight excluding hydrogens is 304 g/mol. The van der Waals surface area contributed by atoms with Crippen molar-refractivity contribution in [3.8, 4) is 0 Å². The molecule has 11 heteroatoms. The minimum Gasteiger partial charge on any atom is -0.395 e. The minimum atomic E-state index is -4.67. The highest BCUT2D eigenvalue weighted by atomic mass is 32.3. The molecule has 0 spiro atoms. The molecule has 10 nitrogen and oxygen atoms in total. The second-order valence-corrected chi connectivity index (χ2v) is 4.97. The molecule has 0 saturated carbocycles. The quantitative estimate of drug-likeness (QED) is 0.252.